The van der Waals surface area contributed by atoms with E-state index < -0.39 is 11.7 Å². The van der Waals surface area contributed by atoms with Crippen LogP contribution in [0, 0.1) is 0 Å². The second-order valence-corrected chi connectivity index (χ2v) is 9.64. The summed E-state index contributed by atoms with van der Waals surface area (Å²) in [5.74, 6) is 0.891. The van der Waals surface area contributed by atoms with Crippen LogP contribution in [-0.2, 0) is 4.74 Å². The predicted octanol–water partition coefficient (Wildman–Crippen LogP) is 4.70. The molecule has 4 rings (SSSR count). The summed E-state index contributed by atoms with van der Waals surface area (Å²) < 4.78 is 14.2. The quantitative estimate of drug-likeness (QED) is 0.362. The molecule has 0 bridgehead atoms. The highest BCUT2D eigenvalue weighted by molar-refractivity contribution is 5.88. The fraction of sp³-hybridized carbons (Fsp3) is 0.333. The van der Waals surface area contributed by atoms with Gasteiger partial charge in [0.2, 0.25) is 0 Å². The van der Waals surface area contributed by atoms with Crippen LogP contribution >= 0.6 is 0 Å². The Balaban J connectivity index is 1.79. The highest BCUT2D eigenvalue weighted by atomic mass is 16.6. The van der Waals surface area contributed by atoms with Crippen LogP contribution < -0.4 is 21.1 Å². The van der Waals surface area contributed by atoms with E-state index >= 15 is 0 Å². The van der Waals surface area contributed by atoms with Crippen molar-refractivity contribution in [2.75, 3.05) is 24.3 Å². The van der Waals surface area contributed by atoms with Crippen LogP contribution in [0.4, 0.5) is 16.3 Å². The molecule has 0 aliphatic carbocycles. The number of fused-ring (bicyclic) bond motifs is 1. The lowest BCUT2D eigenvalue weighted by molar-refractivity contribution is 0.0589. The first kappa shape index (κ1) is 25.7. The number of rotatable bonds is 7. The van der Waals surface area contributed by atoms with Crippen molar-refractivity contribution >= 4 is 28.8 Å². The van der Waals surface area contributed by atoms with Crippen LogP contribution in [0.1, 0.15) is 40.5 Å². The first-order valence-corrected chi connectivity index (χ1v) is 12.1. The number of carbonyl (C=O) groups excluding carboxylic acids is 1. The van der Waals surface area contributed by atoms with E-state index in [-0.39, 0.29) is 11.5 Å². The zero-order chi connectivity index (χ0) is 26.7. The molecule has 2 aromatic heterocycles. The Morgan fingerprint density at radius 2 is 1.78 bits per heavy atom. The Kier molecular flexibility index (Phi) is 7.19. The third kappa shape index (κ3) is 5.42. The summed E-state index contributed by atoms with van der Waals surface area (Å²) in [6.45, 7) is 8.14. The molecule has 10 heteroatoms. The van der Waals surface area contributed by atoms with Crippen molar-refractivity contribution in [1.29, 1.82) is 0 Å². The number of imidazole rings is 1. The lowest BCUT2D eigenvalue weighted by atomic mass is 10.2. The van der Waals surface area contributed by atoms with Gasteiger partial charge in [0.25, 0.3) is 0 Å². The van der Waals surface area contributed by atoms with Gasteiger partial charge in [0, 0.05) is 12.7 Å². The number of hydrogen-bond donors (Lipinski definition) is 1. The second-order valence-electron chi connectivity index (χ2n) is 9.64. The SMILES string of the molecule is CCCCOc1ccc(-n2c(=O)n(-c3cccc(N(C)C(=O)OC(C)(C)C)c3)c3ncnc(N)c32)cc1. The van der Waals surface area contributed by atoms with Crippen molar-refractivity contribution in [1.82, 2.24) is 19.1 Å². The molecule has 0 aliphatic rings. The largest absolute Gasteiger partial charge is 0.494 e. The van der Waals surface area contributed by atoms with Gasteiger partial charge in [-0.05, 0) is 69.7 Å². The molecule has 0 fully saturated rings. The average molecular weight is 505 g/mol. The van der Waals surface area contributed by atoms with E-state index in [0.29, 0.717) is 34.8 Å². The summed E-state index contributed by atoms with van der Waals surface area (Å²) in [7, 11) is 1.61. The average Bonchev–Trinajstić information content (AvgIpc) is 3.16. The third-order valence-corrected chi connectivity index (χ3v) is 5.65. The maximum Gasteiger partial charge on any atom is 0.414 e. The van der Waals surface area contributed by atoms with Gasteiger partial charge in [0.05, 0.1) is 18.0 Å². The number of benzene rings is 2. The molecule has 0 aliphatic heterocycles. The molecule has 194 valence electrons. The lowest BCUT2D eigenvalue weighted by Crippen LogP contribution is -2.34. The summed E-state index contributed by atoms with van der Waals surface area (Å²) in [6.07, 6.45) is 2.82. The maximum atomic E-state index is 13.8. The summed E-state index contributed by atoms with van der Waals surface area (Å²) in [5, 5.41) is 0. The van der Waals surface area contributed by atoms with E-state index in [1.807, 2.05) is 12.1 Å². The lowest BCUT2D eigenvalue weighted by Gasteiger charge is -2.25. The molecule has 0 radical (unpaired) electrons. The molecule has 4 aromatic rings. The van der Waals surface area contributed by atoms with Gasteiger partial charge in [0.15, 0.2) is 11.5 Å². The van der Waals surface area contributed by atoms with Crippen LogP contribution in [0.25, 0.3) is 22.5 Å². The zero-order valence-electron chi connectivity index (χ0n) is 21.8. The van der Waals surface area contributed by atoms with Crippen LogP contribution in [0.15, 0.2) is 59.7 Å². The minimum atomic E-state index is -0.641. The number of anilines is 2. The van der Waals surface area contributed by atoms with E-state index in [1.54, 1.807) is 64.2 Å². The van der Waals surface area contributed by atoms with E-state index in [4.69, 9.17) is 15.2 Å². The van der Waals surface area contributed by atoms with E-state index in [0.717, 1.165) is 18.6 Å². The molecular formula is C27H32N6O4. The van der Waals surface area contributed by atoms with Crippen molar-refractivity contribution in [3.63, 3.8) is 0 Å². The van der Waals surface area contributed by atoms with E-state index in [2.05, 4.69) is 16.9 Å². The molecule has 0 unspecified atom stereocenters. The van der Waals surface area contributed by atoms with Crippen molar-refractivity contribution < 1.29 is 14.3 Å². The number of nitrogens with two attached hydrogens (primary N) is 1. The number of ether oxygens (including phenoxy) is 2. The molecular weight excluding hydrogens is 472 g/mol. The first-order chi connectivity index (χ1) is 17.6. The van der Waals surface area contributed by atoms with E-state index in [9.17, 15) is 9.59 Å². The molecule has 10 nitrogen and oxygen atoms in total. The zero-order valence-corrected chi connectivity index (χ0v) is 21.8. The fourth-order valence-corrected chi connectivity index (χ4v) is 3.82. The summed E-state index contributed by atoms with van der Waals surface area (Å²) in [4.78, 5) is 36.3. The molecule has 0 saturated heterocycles. The monoisotopic (exact) mass is 504 g/mol. The standard InChI is InChI=1S/C27H32N6O4/c1-6-7-15-36-21-13-11-18(12-14-21)32-22-23(28)29-17-30-24(22)33(25(32)34)20-10-8-9-19(16-20)31(5)26(35)37-27(2,3)4/h8-14,16-17H,6-7,15H2,1-5H3,(H2,28,29,30). The predicted molar refractivity (Wildman–Crippen MR) is 144 cm³/mol. The maximum absolute atomic E-state index is 13.8. The van der Waals surface area contributed by atoms with Crippen molar-refractivity contribution in [3.8, 4) is 17.1 Å². The topological polar surface area (TPSA) is 118 Å². The number of hydrogen-bond acceptors (Lipinski definition) is 7. The molecule has 37 heavy (non-hydrogen) atoms. The molecule has 1 amide bonds. The summed E-state index contributed by atoms with van der Waals surface area (Å²) in [6, 6.07) is 14.2. The molecule has 2 aromatic carbocycles. The molecule has 2 N–H and O–H groups in total. The smallest absolute Gasteiger partial charge is 0.414 e. The summed E-state index contributed by atoms with van der Waals surface area (Å²) >= 11 is 0. The van der Waals surface area contributed by atoms with Gasteiger partial charge in [0.1, 0.15) is 23.2 Å². The molecule has 0 atom stereocenters. The second kappa shape index (κ2) is 10.3. The first-order valence-electron chi connectivity index (χ1n) is 12.1. The van der Waals surface area contributed by atoms with Crippen molar-refractivity contribution in [2.45, 2.75) is 46.1 Å². The van der Waals surface area contributed by atoms with Gasteiger partial charge in [-0.2, -0.15) is 0 Å². The number of carbonyl (C=O) groups is 1. The third-order valence-electron chi connectivity index (χ3n) is 5.65. The van der Waals surface area contributed by atoms with Gasteiger partial charge >= 0.3 is 11.8 Å². The van der Waals surface area contributed by atoms with Crippen LogP contribution in [-0.4, -0.2) is 44.5 Å². The number of nitrogens with zero attached hydrogens (tertiary/aromatic N) is 5. The number of nitrogen functional groups attached to an aromatic ring is 1. The van der Waals surface area contributed by atoms with Crippen molar-refractivity contribution in [2.24, 2.45) is 0 Å². The van der Waals surface area contributed by atoms with Crippen LogP contribution in [0.5, 0.6) is 5.75 Å². The Morgan fingerprint density at radius 3 is 2.46 bits per heavy atom. The van der Waals surface area contributed by atoms with Crippen molar-refractivity contribution in [3.05, 3.63) is 65.3 Å². The Hall–Kier alpha value is -4.34. The minimum absolute atomic E-state index is 0.172. The van der Waals surface area contributed by atoms with Gasteiger partial charge in [-0.15, -0.1) is 0 Å². The van der Waals surface area contributed by atoms with Gasteiger partial charge in [-0.3, -0.25) is 9.47 Å². The highest BCUT2D eigenvalue weighted by Gasteiger charge is 2.23. The van der Waals surface area contributed by atoms with Gasteiger partial charge < -0.3 is 15.2 Å². The Bertz CT molecular complexity index is 1470. The number of aromatic nitrogens is 4. The number of amides is 1. The molecule has 0 spiro atoms. The fourth-order valence-electron chi connectivity index (χ4n) is 3.82. The van der Waals surface area contributed by atoms with E-state index in [1.165, 1.54) is 20.4 Å². The Labute approximate surface area is 215 Å². The summed E-state index contributed by atoms with van der Waals surface area (Å²) in [5.41, 5.74) is 7.60. The minimum Gasteiger partial charge on any atom is -0.494 e. The van der Waals surface area contributed by atoms with Crippen LogP contribution in [0.3, 0.4) is 0 Å². The molecule has 0 saturated carbocycles. The Morgan fingerprint density at radius 1 is 1.05 bits per heavy atom. The highest BCUT2D eigenvalue weighted by Crippen LogP contribution is 2.26. The van der Waals surface area contributed by atoms with Gasteiger partial charge in [-0.25, -0.2) is 24.1 Å². The van der Waals surface area contributed by atoms with Crippen LogP contribution in [0.2, 0.25) is 0 Å². The molecule has 2 heterocycles. The normalized spacial score (nSPS) is 11.5. The van der Waals surface area contributed by atoms with Gasteiger partial charge in [-0.1, -0.05) is 19.4 Å². The number of unbranched alkanes of at least 4 members (excludes halogenated alkanes) is 1.